The third kappa shape index (κ3) is 2.33. The van der Waals surface area contributed by atoms with Gasteiger partial charge in [0.15, 0.2) is 5.65 Å². The van der Waals surface area contributed by atoms with Crippen LogP contribution in [0.2, 0.25) is 0 Å². The van der Waals surface area contributed by atoms with Gasteiger partial charge >= 0.3 is 0 Å². The molecule has 0 amide bonds. The van der Waals surface area contributed by atoms with Crippen LogP contribution in [-0.4, -0.2) is 25.2 Å². The number of benzene rings is 1. The largest absolute Gasteiger partial charge is 0.281 e. The van der Waals surface area contributed by atoms with Gasteiger partial charge in [-0.3, -0.25) is 4.57 Å². The standard InChI is InChI=1S/C16H19ClN4/c1-4-20-16-15(12(3)19-20)18-14(9-10-17)21(16)13-7-5-11(2)6-8-13/h5-8H,4,9-10H2,1-3H3. The van der Waals surface area contributed by atoms with Crippen LogP contribution in [0.5, 0.6) is 0 Å². The third-order valence-electron chi connectivity index (χ3n) is 3.69. The van der Waals surface area contributed by atoms with Crippen LogP contribution in [0.15, 0.2) is 24.3 Å². The van der Waals surface area contributed by atoms with E-state index in [4.69, 9.17) is 16.6 Å². The monoisotopic (exact) mass is 302 g/mol. The molecule has 0 fully saturated rings. The summed E-state index contributed by atoms with van der Waals surface area (Å²) in [5, 5.41) is 4.57. The normalized spacial score (nSPS) is 11.4. The van der Waals surface area contributed by atoms with Gasteiger partial charge in [0.05, 0.1) is 5.69 Å². The van der Waals surface area contributed by atoms with Crippen LogP contribution >= 0.6 is 11.6 Å². The molecular formula is C16H19ClN4. The molecule has 4 nitrogen and oxygen atoms in total. The number of alkyl halides is 1. The molecule has 3 aromatic rings. The van der Waals surface area contributed by atoms with Crippen molar-refractivity contribution in [3.63, 3.8) is 0 Å². The first kappa shape index (κ1) is 14.1. The van der Waals surface area contributed by atoms with Gasteiger partial charge < -0.3 is 0 Å². The minimum Gasteiger partial charge on any atom is -0.281 e. The lowest BCUT2D eigenvalue weighted by atomic mass is 10.2. The van der Waals surface area contributed by atoms with Gasteiger partial charge in [-0.25, -0.2) is 9.67 Å². The Balaban J connectivity index is 2.31. The predicted octanol–water partition coefficient (Wildman–Crippen LogP) is 3.64. The molecule has 0 radical (unpaired) electrons. The molecule has 2 heterocycles. The molecule has 0 unspecified atom stereocenters. The molecule has 5 heteroatoms. The molecule has 0 saturated carbocycles. The number of hydrogen-bond acceptors (Lipinski definition) is 2. The van der Waals surface area contributed by atoms with Gasteiger partial charge in [0.25, 0.3) is 0 Å². The molecule has 0 spiro atoms. The van der Waals surface area contributed by atoms with Crippen molar-refractivity contribution in [2.24, 2.45) is 0 Å². The fourth-order valence-corrected chi connectivity index (χ4v) is 2.82. The molecule has 2 aromatic heterocycles. The minimum atomic E-state index is 0.560. The Labute approximate surface area is 129 Å². The highest BCUT2D eigenvalue weighted by molar-refractivity contribution is 6.17. The number of rotatable bonds is 4. The average molecular weight is 303 g/mol. The van der Waals surface area contributed by atoms with E-state index in [2.05, 4.69) is 47.8 Å². The smallest absolute Gasteiger partial charge is 0.163 e. The van der Waals surface area contributed by atoms with E-state index in [0.29, 0.717) is 5.88 Å². The number of nitrogens with zero attached hydrogens (tertiary/aromatic N) is 4. The van der Waals surface area contributed by atoms with Crippen molar-refractivity contribution in [1.82, 2.24) is 19.3 Å². The predicted molar refractivity (Wildman–Crippen MR) is 86.4 cm³/mol. The lowest BCUT2D eigenvalue weighted by Crippen LogP contribution is -2.07. The van der Waals surface area contributed by atoms with Crippen LogP contribution in [0.25, 0.3) is 16.9 Å². The molecule has 0 aliphatic heterocycles. The maximum Gasteiger partial charge on any atom is 0.163 e. The summed E-state index contributed by atoms with van der Waals surface area (Å²) in [6, 6.07) is 8.48. The van der Waals surface area contributed by atoms with Crippen LogP contribution in [0.3, 0.4) is 0 Å². The second-order valence-electron chi connectivity index (χ2n) is 5.21. The molecule has 21 heavy (non-hydrogen) atoms. The van der Waals surface area contributed by atoms with Crippen LogP contribution in [0, 0.1) is 13.8 Å². The SMILES string of the molecule is CCn1nc(C)c2nc(CCCl)n(-c3ccc(C)cc3)c21. The van der Waals surface area contributed by atoms with E-state index in [9.17, 15) is 0 Å². The van der Waals surface area contributed by atoms with Gasteiger partial charge in [-0.15, -0.1) is 11.6 Å². The summed E-state index contributed by atoms with van der Waals surface area (Å²) in [5.74, 6) is 1.55. The Morgan fingerprint density at radius 3 is 2.48 bits per heavy atom. The third-order valence-corrected chi connectivity index (χ3v) is 3.88. The summed E-state index contributed by atoms with van der Waals surface area (Å²) in [6.45, 7) is 7.01. The quantitative estimate of drug-likeness (QED) is 0.690. The molecule has 0 saturated heterocycles. The molecule has 0 aliphatic carbocycles. The van der Waals surface area contributed by atoms with E-state index < -0.39 is 0 Å². The molecule has 1 aromatic carbocycles. The summed E-state index contributed by atoms with van der Waals surface area (Å²) in [4.78, 5) is 4.76. The Morgan fingerprint density at radius 1 is 1.14 bits per heavy atom. The highest BCUT2D eigenvalue weighted by Crippen LogP contribution is 2.24. The Bertz CT molecular complexity index is 768. The average Bonchev–Trinajstić information content (AvgIpc) is 2.98. The highest BCUT2D eigenvalue weighted by atomic mass is 35.5. The zero-order valence-corrected chi connectivity index (χ0v) is 13.4. The van der Waals surface area contributed by atoms with E-state index in [1.165, 1.54) is 5.56 Å². The Morgan fingerprint density at radius 2 is 1.86 bits per heavy atom. The summed E-state index contributed by atoms with van der Waals surface area (Å²) in [7, 11) is 0. The van der Waals surface area contributed by atoms with Gasteiger partial charge in [0.2, 0.25) is 0 Å². The summed E-state index contributed by atoms with van der Waals surface area (Å²) in [5.41, 5.74) is 5.34. The molecular weight excluding hydrogens is 284 g/mol. The molecule has 0 bridgehead atoms. The van der Waals surface area contributed by atoms with Crippen LogP contribution in [0.1, 0.15) is 24.0 Å². The van der Waals surface area contributed by atoms with E-state index in [0.717, 1.165) is 41.3 Å². The lowest BCUT2D eigenvalue weighted by molar-refractivity contribution is 0.659. The molecule has 110 valence electrons. The maximum atomic E-state index is 5.95. The van der Waals surface area contributed by atoms with E-state index in [-0.39, 0.29) is 0 Å². The molecule has 3 rings (SSSR count). The number of hydrogen-bond donors (Lipinski definition) is 0. The van der Waals surface area contributed by atoms with Gasteiger partial charge in [0, 0.05) is 24.5 Å². The zero-order valence-electron chi connectivity index (χ0n) is 12.6. The van der Waals surface area contributed by atoms with E-state index in [1.54, 1.807) is 0 Å². The second kappa shape index (κ2) is 5.53. The van der Waals surface area contributed by atoms with Crippen LogP contribution < -0.4 is 0 Å². The van der Waals surface area contributed by atoms with Crippen LogP contribution in [0.4, 0.5) is 0 Å². The summed E-state index contributed by atoms with van der Waals surface area (Å²) in [6.07, 6.45) is 0.743. The fraction of sp³-hybridized carbons (Fsp3) is 0.375. The number of aryl methyl sites for hydroxylation is 4. The summed E-state index contributed by atoms with van der Waals surface area (Å²) < 4.78 is 4.19. The van der Waals surface area contributed by atoms with Gasteiger partial charge in [-0.2, -0.15) is 5.10 Å². The first-order chi connectivity index (χ1) is 10.2. The van der Waals surface area contributed by atoms with E-state index >= 15 is 0 Å². The second-order valence-corrected chi connectivity index (χ2v) is 5.59. The van der Waals surface area contributed by atoms with Crippen LogP contribution in [-0.2, 0) is 13.0 Å². The van der Waals surface area contributed by atoms with Crippen molar-refractivity contribution in [1.29, 1.82) is 0 Å². The summed E-state index contributed by atoms with van der Waals surface area (Å²) >= 11 is 5.95. The van der Waals surface area contributed by atoms with Gasteiger partial charge in [0.1, 0.15) is 11.3 Å². The fourth-order valence-electron chi connectivity index (χ4n) is 2.65. The number of halogens is 1. The van der Waals surface area contributed by atoms with Gasteiger partial charge in [-0.1, -0.05) is 17.7 Å². The number of aromatic nitrogens is 4. The molecule has 0 N–H and O–H groups in total. The minimum absolute atomic E-state index is 0.560. The molecule has 0 aliphatic rings. The maximum absolute atomic E-state index is 5.95. The zero-order chi connectivity index (χ0) is 15.0. The van der Waals surface area contributed by atoms with Crippen molar-refractivity contribution >= 4 is 22.8 Å². The lowest BCUT2D eigenvalue weighted by Gasteiger charge is -2.10. The first-order valence-electron chi connectivity index (χ1n) is 7.23. The Hall–Kier alpha value is -1.81. The van der Waals surface area contributed by atoms with Crippen molar-refractivity contribution < 1.29 is 0 Å². The van der Waals surface area contributed by atoms with Crippen molar-refractivity contribution in [3.05, 3.63) is 41.3 Å². The van der Waals surface area contributed by atoms with Crippen molar-refractivity contribution in [2.45, 2.75) is 33.7 Å². The van der Waals surface area contributed by atoms with Crippen molar-refractivity contribution in [2.75, 3.05) is 5.88 Å². The van der Waals surface area contributed by atoms with Crippen molar-refractivity contribution in [3.8, 4) is 5.69 Å². The van der Waals surface area contributed by atoms with Gasteiger partial charge in [-0.05, 0) is 32.9 Å². The number of imidazole rings is 1. The number of fused-ring (bicyclic) bond motifs is 1. The topological polar surface area (TPSA) is 35.6 Å². The first-order valence-corrected chi connectivity index (χ1v) is 7.77. The van der Waals surface area contributed by atoms with E-state index in [1.807, 2.05) is 11.6 Å². The Kier molecular flexibility index (Phi) is 3.72. The highest BCUT2D eigenvalue weighted by Gasteiger charge is 2.18. The molecule has 0 atom stereocenters.